The van der Waals surface area contributed by atoms with Crippen molar-refractivity contribution in [2.75, 3.05) is 0 Å². The Morgan fingerprint density at radius 1 is 1.07 bits per heavy atom. The first kappa shape index (κ1) is 17.7. The number of hydrogen-bond donors (Lipinski definition) is 2. The van der Waals surface area contributed by atoms with E-state index in [2.05, 4.69) is 18.8 Å². The van der Waals surface area contributed by atoms with Gasteiger partial charge < -0.3 is 14.8 Å². The lowest BCUT2D eigenvalue weighted by Crippen LogP contribution is -2.58. The van der Waals surface area contributed by atoms with Gasteiger partial charge in [0, 0.05) is 17.7 Å². The summed E-state index contributed by atoms with van der Waals surface area (Å²) >= 11 is 0. The zero-order valence-corrected chi connectivity index (χ0v) is 17.1. The first-order valence-corrected chi connectivity index (χ1v) is 11.4. The van der Waals surface area contributed by atoms with Gasteiger partial charge in [-0.25, -0.2) is 0 Å². The zero-order chi connectivity index (χ0) is 19.3. The molecule has 1 spiro atoms. The summed E-state index contributed by atoms with van der Waals surface area (Å²) in [6, 6.07) is 3.72. The molecular weight excluding hydrogens is 350 g/mol. The summed E-state index contributed by atoms with van der Waals surface area (Å²) in [5.41, 5.74) is 1.88. The number of aliphatic hydroxyl groups is 1. The van der Waals surface area contributed by atoms with E-state index in [-0.39, 0.29) is 22.7 Å². The van der Waals surface area contributed by atoms with Crippen LogP contribution in [0.1, 0.15) is 76.7 Å². The van der Waals surface area contributed by atoms with Crippen molar-refractivity contribution in [2.24, 2.45) is 28.6 Å². The van der Waals surface area contributed by atoms with Crippen LogP contribution in [-0.2, 0) is 4.74 Å². The lowest BCUT2D eigenvalue weighted by Gasteiger charge is -2.61. The number of aromatic amines is 1. The monoisotopic (exact) mass is 383 g/mol. The Morgan fingerprint density at radius 3 is 2.71 bits per heavy atom. The summed E-state index contributed by atoms with van der Waals surface area (Å²) in [7, 11) is 0. The quantitative estimate of drug-likeness (QED) is 0.721. The molecule has 1 saturated heterocycles. The van der Waals surface area contributed by atoms with Gasteiger partial charge >= 0.3 is 0 Å². The average Bonchev–Trinajstić information content (AvgIpc) is 3.33. The van der Waals surface area contributed by atoms with Crippen LogP contribution in [0.2, 0.25) is 0 Å². The minimum absolute atomic E-state index is 0.0162. The summed E-state index contributed by atoms with van der Waals surface area (Å²) in [6.45, 7) is 5.01. The highest BCUT2D eigenvalue weighted by Crippen LogP contribution is 2.77. The third-order valence-electron chi connectivity index (χ3n) is 10.3. The van der Waals surface area contributed by atoms with Crippen LogP contribution in [0.4, 0.5) is 0 Å². The molecule has 0 aromatic carbocycles. The lowest BCUT2D eigenvalue weighted by atomic mass is 9.44. The number of aliphatic hydroxyl groups excluding tert-OH is 1. The number of aromatic nitrogens is 1. The van der Waals surface area contributed by atoms with E-state index in [1.54, 1.807) is 6.07 Å². The fourth-order valence-electron chi connectivity index (χ4n) is 8.81. The van der Waals surface area contributed by atoms with Gasteiger partial charge in [0.2, 0.25) is 5.56 Å². The molecule has 2 N–H and O–H groups in total. The molecule has 1 aliphatic heterocycles. The largest absolute Gasteiger partial charge is 0.393 e. The molecule has 2 heterocycles. The van der Waals surface area contributed by atoms with Crippen LogP contribution in [0.25, 0.3) is 0 Å². The number of pyridine rings is 1. The summed E-state index contributed by atoms with van der Waals surface area (Å²) in [4.78, 5) is 14.5. The molecule has 6 rings (SSSR count). The number of rotatable bonds is 1. The number of ether oxygens (including phenoxy) is 1. The molecule has 4 nitrogen and oxygen atoms in total. The van der Waals surface area contributed by atoms with Gasteiger partial charge in [0.25, 0.3) is 0 Å². The van der Waals surface area contributed by atoms with Crippen LogP contribution in [0.3, 0.4) is 0 Å². The molecule has 4 aliphatic carbocycles. The maximum absolute atomic E-state index is 11.6. The van der Waals surface area contributed by atoms with Crippen LogP contribution < -0.4 is 5.56 Å². The van der Waals surface area contributed by atoms with Crippen molar-refractivity contribution in [1.29, 1.82) is 0 Å². The molecule has 1 aromatic heterocycles. The molecule has 0 amide bonds. The van der Waals surface area contributed by atoms with Crippen LogP contribution in [0.15, 0.2) is 23.1 Å². The Balaban J connectivity index is 1.36. The SMILES string of the molecule is C[C@]12CC[C@H](O)CC1CCC1C2CC[C@]2(C)[C@@H](c3ccc(=O)[nH]c3)C[C@H]3O[C@]132. The fourth-order valence-corrected chi connectivity index (χ4v) is 8.81. The van der Waals surface area contributed by atoms with Crippen LogP contribution in [0.5, 0.6) is 0 Å². The second-order valence-corrected chi connectivity index (χ2v) is 11.1. The summed E-state index contributed by atoms with van der Waals surface area (Å²) < 4.78 is 6.62. The van der Waals surface area contributed by atoms with Gasteiger partial charge in [0.1, 0.15) is 5.60 Å². The second-order valence-electron chi connectivity index (χ2n) is 11.1. The topological polar surface area (TPSA) is 65.6 Å². The molecule has 3 unspecified atom stereocenters. The van der Waals surface area contributed by atoms with Crippen molar-refractivity contribution in [1.82, 2.24) is 4.98 Å². The lowest BCUT2D eigenvalue weighted by molar-refractivity contribution is -0.139. The molecule has 0 radical (unpaired) electrons. The van der Waals surface area contributed by atoms with Crippen LogP contribution in [-0.4, -0.2) is 27.9 Å². The molecule has 28 heavy (non-hydrogen) atoms. The molecule has 5 aliphatic rings. The summed E-state index contributed by atoms with van der Waals surface area (Å²) in [5, 5.41) is 10.2. The third-order valence-corrected chi connectivity index (χ3v) is 10.3. The minimum atomic E-state index is -0.0809. The molecule has 4 saturated carbocycles. The number of fused-ring (bicyclic) bond motifs is 3. The summed E-state index contributed by atoms with van der Waals surface area (Å²) in [6.07, 6.45) is 11.6. The molecule has 1 aromatic rings. The molecule has 4 heteroatoms. The van der Waals surface area contributed by atoms with Gasteiger partial charge in [-0.2, -0.15) is 0 Å². The van der Waals surface area contributed by atoms with Gasteiger partial charge in [-0.1, -0.05) is 19.9 Å². The van der Waals surface area contributed by atoms with Crippen molar-refractivity contribution in [3.8, 4) is 0 Å². The first-order valence-electron chi connectivity index (χ1n) is 11.4. The molecule has 5 fully saturated rings. The van der Waals surface area contributed by atoms with E-state index in [4.69, 9.17) is 4.74 Å². The van der Waals surface area contributed by atoms with Crippen molar-refractivity contribution < 1.29 is 9.84 Å². The first-order chi connectivity index (χ1) is 13.4. The van der Waals surface area contributed by atoms with Gasteiger partial charge in [-0.15, -0.1) is 0 Å². The van der Waals surface area contributed by atoms with Crippen LogP contribution >= 0.6 is 0 Å². The summed E-state index contributed by atoms with van der Waals surface area (Å²) in [5.74, 6) is 2.58. The number of hydrogen-bond acceptors (Lipinski definition) is 3. The Hall–Kier alpha value is -1.13. The van der Waals surface area contributed by atoms with Gasteiger partial charge in [0.15, 0.2) is 0 Å². The highest BCUT2D eigenvalue weighted by atomic mass is 16.6. The van der Waals surface area contributed by atoms with Crippen molar-refractivity contribution >= 4 is 0 Å². The van der Waals surface area contributed by atoms with E-state index in [9.17, 15) is 9.90 Å². The van der Waals surface area contributed by atoms with E-state index in [1.165, 1.54) is 37.7 Å². The fraction of sp³-hybridized carbons (Fsp3) is 0.792. The normalized spacial score (nSPS) is 54.2. The Kier molecular flexibility index (Phi) is 3.49. The van der Waals surface area contributed by atoms with Gasteiger partial charge in [-0.3, -0.25) is 4.79 Å². The Labute approximate surface area is 167 Å². The average molecular weight is 384 g/mol. The maximum atomic E-state index is 11.6. The minimum Gasteiger partial charge on any atom is -0.393 e. The molecule has 152 valence electrons. The zero-order valence-electron chi connectivity index (χ0n) is 17.1. The van der Waals surface area contributed by atoms with E-state index >= 15 is 0 Å². The van der Waals surface area contributed by atoms with Gasteiger partial charge in [-0.05, 0) is 86.0 Å². The molecular formula is C24H33NO3. The van der Waals surface area contributed by atoms with Crippen molar-refractivity contribution in [3.05, 3.63) is 34.2 Å². The third kappa shape index (κ3) is 2.01. The van der Waals surface area contributed by atoms with Crippen molar-refractivity contribution in [2.45, 2.75) is 88.9 Å². The van der Waals surface area contributed by atoms with E-state index < -0.39 is 0 Å². The number of H-pyrrole nitrogens is 1. The predicted octanol–water partition coefficient (Wildman–Crippen LogP) is 3.99. The second kappa shape index (κ2) is 5.51. The van der Waals surface area contributed by atoms with E-state index in [0.29, 0.717) is 29.3 Å². The number of epoxide rings is 1. The Morgan fingerprint density at radius 2 is 1.93 bits per heavy atom. The smallest absolute Gasteiger partial charge is 0.247 e. The van der Waals surface area contributed by atoms with Gasteiger partial charge in [0.05, 0.1) is 12.2 Å². The molecule has 9 atom stereocenters. The van der Waals surface area contributed by atoms with E-state index in [1.807, 2.05) is 12.3 Å². The number of nitrogens with one attached hydrogen (secondary N) is 1. The standard InChI is InChI=1S/C24H33NO3/c1-22-9-7-16(26)11-15(22)4-5-18-17(22)8-10-23(2)19(12-20-24(18,23)28-20)14-3-6-21(27)25-13-14/h3,6,13,15-20,26H,4-5,7-12H2,1-2H3,(H,25,27)/t15?,16-,17?,18?,19+,20+,22-,23+,24+/m0/s1. The van der Waals surface area contributed by atoms with Crippen LogP contribution in [0, 0.1) is 28.6 Å². The highest BCUT2D eigenvalue weighted by molar-refractivity contribution is 5.35. The predicted molar refractivity (Wildman–Crippen MR) is 107 cm³/mol. The maximum Gasteiger partial charge on any atom is 0.247 e. The Bertz CT molecular complexity index is 845. The highest BCUT2D eigenvalue weighted by Gasteiger charge is 2.80. The molecule has 0 bridgehead atoms. The van der Waals surface area contributed by atoms with E-state index in [0.717, 1.165) is 25.2 Å². The van der Waals surface area contributed by atoms with Crippen molar-refractivity contribution in [3.63, 3.8) is 0 Å².